The summed E-state index contributed by atoms with van der Waals surface area (Å²) >= 11 is 0. The van der Waals surface area contributed by atoms with E-state index in [4.69, 9.17) is 4.74 Å². The van der Waals surface area contributed by atoms with Crippen LogP contribution in [-0.2, 0) is 24.1 Å². The SMILES string of the molecule is C=C[C@H]1C[C@@H](S(=O)(=O)c2ccc(C)cc2)[C@@H](/C=C/CCC(=O)OC)N1C(=O)OC(C)(C)C. The van der Waals surface area contributed by atoms with E-state index in [0.717, 1.165) is 5.56 Å². The van der Waals surface area contributed by atoms with Crippen LogP contribution >= 0.6 is 0 Å². The van der Waals surface area contributed by atoms with Crippen molar-refractivity contribution in [2.45, 2.75) is 74.8 Å². The maximum absolute atomic E-state index is 13.5. The average Bonchev–Trinajstić information content (AvgIpc) is 3.09. The standard InChI is InChI=1S/C24H33NO6S/c1-7-18-16-21(32(28,29)19-14-12-17(2)13-15-19)20(10-8-9-11-22(26)30-6)25(18)23(27)31-24(3,4)5/h7-8,10,12-15,18,20-21H,1,9,11,16H2,2-6H3/b10-8+/t18-,20+,21+/m0/s1. The molecule has 1 aliphatic rings. The summed E-state index contributed by atoms with van der Waals surface area (Å²) in [6.45, 7) is 11.0. The van der Waals surface area contributed by atoms with E-state index in [0.29, 0.717) is 6.42 Å². The molecule has 0 unspecified atom stereocenters. The minimum absolute atomic E-state index is 0.159. The number of hydrogen-bond acceptors (Lipinski definition) is 6. The Morgan fingerprint density at radius 3 is 2.38 bits per heavy atom. The molecule has 1 aliphatic heterocycles. The average molecular weight is 464 g/mol. The van der Waals surface area contributed by atoms with E-state index < -0.39 is 38.9 Å². The van der Waals surface area contributed by atoms with Crippen LogP contribution < -0.4 is 0 Å². The summed E-state index contributed by atoms with van der Waals surface area (Å²) < 4.78 is 37.3. The van der Waals surface area contributed by atoms with Gasteiger partial charge in [0.2, 0.25) is 0 Å². The highest BCUT2D eigenvalue weighted by Crippen LogP contribution is 2.36. The molecule has 0 aromatic heterocycles. The summed E-state index contributed by atoms with van der Waals surface area (Å²) in [5.74, 6) is -0.363. The topological polar surface area (TPSA) is 90.0 Å². The molecular formula is C24H33NO6S. The first-order chi connectivity index (χ1) is 14.9. The van der Waals surface area contributed by atoms with Gasteiger partial charge in [0.25, 0.3) is 0 Å². The van der Waals surface area contributed by atoms with Crippen molar-refractivity contribution in [3.8, 4) is 0 Å². The molecule has 0 saturated carbocycles. The molecule has 176 valence electrons. The predicted molar refractivity (Wildman–Crippen MR) is 123 cm³/mol. The molecule has 0 N–H and O–H groups in total. The number of ether oxygens (including phenoxy) is 2. The first kappa shape index (κ1) is 25.6. The van der Waals surface area contributed by atoms with Gasteiger partial charge in [-0.3, -0.25) is 9.69 Å². The molecule has 1 amide bonds. The number of amides is 1. The Bertz CT molecular complexity index is 959. The highest BCUT2D eigenvalue weighted by molar-refractivity contribution is 7.92. The first-order valence-corrected chi connectivity index (χ1v) is 12.1. The maximum Gasteiger partial charge on any atom is 0.411 e. The zero-order chi connectivity index (χ0) is 24.1. The van der Waals surface area contributed by atoms with Gasteiger partial charge in [0.05, 0.1) is 29.3 Å². The zero-order valence-electron chi connectivity index (χ0n) is 19.4. The number of aryl methyl sites for hydroxylation is 1. The van der Waals surface area contributed by atoms with E-state index in [1.165, 1.54) is 12.0 Å². The van der Waals surface area contributed by atoms with E-state index >= 15 is 0 Å². The molecule has 7 nitrogen and oxygen atoms in total. The molecule has 1 aromatic rings. The number of rotatable bonds is 7. The fraction of sp³-hybridized carbons (Fsp3) is 0.500. The van der Waals surface area contributed by atoms with Gasteiger partial charge in [-0.15, -0.1) is 6.58 Å². The lowest BCUT2D eigenvalue weighted by Gasteiger charge is -2.31. The highest BCUT2D eigenvalue weighted by atomic mass is 32.2. The number of esters is 1. The van der Waals surface area contributed by atoms with Gasteiger partial charge in [0.1, 0.15) is 5.60 Å². The molecule has 0 spiro atoms. The molecule has 2 rings (SSSR count). The number of methoxy groups -OCH3 is 1. The van der Waals surface area contributed by atoms with Crippen LogP contribution in [0.4, 0.5) is 4.79 Å². The third-order valence-electron chi connectivity index (χ3n) is 5.23. The zero-order valence-corrected chi connectivity index (χ0v) is 20.2. The van der Waals surface area contributed by atoms with Crippen LogP contribution in [-0.4, -0.2) is 55.4 Å². The molecule has 1 saturated heterocycles. The predicted octanol–water partition coefficient (Wildman–Crippen LogP) is 4.21. The van der Waals surface area contributed by atoms with Gasteiger partial charge in [-0.25, -0.2) is 13.2 Å². The number of sulfone groups is 1. The third kappa shape index (κ3) is 6.22. The fourth-order valence-corrected chi connectivity index (χ4v) is 5.55. The second-order valence-corrected chi connectivity index (χ2v) is 11.0. The van der Waals surface area contributed by atoms with E-state index in [9.17, 15) is 18.0 Å². The molecule has 8 heteroatoms. The number of carbonyl (C=O) groups is 2. The van der Waals surface area contributed by atoms with Crippen LogP contribution in [0.25, 0.3) is 0 Å². The monoisotopic (exact) mass is 463 g/mol. The minimum atomic E-state index is -3.76. The summed E-state index contributed by atoms with van der Waals surface area (Å²) in [6, 6.07) is 5.39. The first-order valence-electron chi connectivity index (χ1n) is 10.6. The number of benzene rings is 1. The van der Waals surface area contributed by atoms with Gasteiger partial charge in [0.15, 0.2) is 9.84 Å². The maximum atomic E-state index is 13.5. The van der Waals surface area contributed by atoms with Crippen molar-refractivity contribution in [2.24, 2.45) is 0 Å². The summed E-state index contributed by atoms with van der Waals surface area (Å²) in [7, 11) is -2.44. The van der Waals surface area contributed by atoms with Crippen molar-refractivity contribution in [3.63, 3.8) is 0 Å². The highest BCUT2D eigenvalue weighted by Gasteiger charge is 2.49. The number of likely N-dealkylation sites (tertiary alicyclic amines) is 1. The Morgan fingerprint density at radius 1 is 1.22 bits per heavy atom. The molecule has 1 aromatic carbocycles. The fourth-order valence-electron chi connectivity index (χ4n) is 3.64. The lowest BCUT2D eigenvalue weighted by atomic mass is 10.1. The van der Waals surface area contributed by atoms with Crippen LogP contribution in [0, 0.1) is 6.92 Å². The Balaban J connectivity index is 2.44. The minimum Gasteiger partial charge on any atom is -0.469 e. The molecule has 0 bridgehead atoms. The van der Waals surface area contributed by atoms with Crippen LogP contribution in [0.1, 0.15) is 45.6 Å². The lowest BCUT2D eigenvalue weighted by Crippen LogP contribution is -2.45. The van der Waals surface area contributed by atoms with Crippen LogP contribution in [0.2, 0.25) is 0 Å². The van der Waals surface area contributed by atoms with Gasteiger partial charge in [0, 0.05) is 6.42 Å². The third-order valence-corrected chi connectivity index (χ3v) is 7.43. The molecule has 3 atom stereocenters. The van der Waals surface area contributed by atoms with Crippen molar-refractivity contribution in [3.05, 3.63) is 54.6 Å². The Morgan fingerprint density at radius 2 is 1.84 bits per heavy atom. The van der Waals surface area contributed by atoms with Crippen LogP contribution in [0.5, 0.6) is 0 Å². The number of carbonyl (C=O) groups excluding carboxylic acids is 2. The van der Waals surface area contributed by atoms with Gasteiger partial charge in [-0.05, 0) is 52.7 Å². The number of nitrogens with zero attached hydrogens (tertiary/aromatic N) is 1. The molecular weight excluding hydrogens is 430 g/mol. The van der Waals surface area contributed by atoms with Crippen molar-refractivity contribution in [1.29, 1.82) is 0 Å². The summed E-state index contributed by atoms with van der Waals surface area (Å²) in [6.07, 6.45) is 5.07. The Kier molecular flexibility index (Phi) is 8.29. The van der Waals surface area contributed by atoms with Crippen molar-refractivity contribution >= 4 is 21.9 Å². The van der Waals surface area contributed by atoms with E-state index in [1.54, 1.807) is 63.3 Å². The second kappa shape index (κ2) is 10.3. The van der Waals surface area contributed by atoms with Gasteiger partial charge in [-0.2, -0.15) is 0 Å². The number of allylic oxidation sites excluding steroid dienone is 1. The lowest BCUT2D eigenvalue weighted by molar-refractivity contribution is -0.140. The molecule has 0 aliphatic carbocycles. The van der Waals surface area contributed by atoms with E-state index in [1.807, 2.05) is 6.92 Å². The van der Waals surface area contributed by atoms with Crippen molar-refractivity contribution in [1.82, 2.24) is 4.90 Å². The van der Waals surface area contributed by atoms with Gasteiger partial charge < -0.3 is 9.47 Å². The van der Waals surface area contributed by atoms with Crippen molar-refractivity contribution in [2.75, 3.05) is 7.11 Å². The van der Waals surface area contributed by atoms with Gasteiger partial charge in [-0.1, -0.05) is 35.9 Å². The second-order valence-electron chi connectivity index (χ2n) is 8.86. The molecule has 1 fully saturated rings. The normalized spacial score (nSPS) is 21.5. The van der Waals surface area contributed by atoms with Gasteiger partial charge >= 0.3 is 12.1 Å². The molecule has 0 radical (unpaired) electrons. The quantitative estimate of drug-likeness (QED) is 0.444. The number of hydrogen-bond donors (Lipinski definition) is 0. The van der Waals surface area contributed by atoms with Crippen LogP contribution in [0.15, 0.2) is 54.0 Å². The van der Waals surface area contributed by atoms with Crippen LogP contribution in [0.3, 0.4) is 0 Å². The van der Waals surface area contributed by atoms with E-state index in [2.05, 4.69) is 11.3 Å². The summed E-state index contributed by atoms with van der Waals surface area (Å²) in [5.41, 5.74) is 0.213. The molecule has 1 heterocycles. The summed E-state index contributed by atoms with van der Waals surface area (Å²) in [4.78, 5) is 26.1. The van der Waals surface area contributed by atoms with Crippen molar-refractivity contribution < 1.29 is 27.5 Å². The largest absolute Gasteiger partial charge is 0.469 e. The Hall–Kier alpha value is -2.61. The Labute approximate surface area is 191 Å². The molecule has 32 heavy (non-hydrogen) atoms. The smallest absolute Gasteiger partial charge is 0.411 e. The summed E-state index contributed by atoms with van der Waals surface area (Å²) in [5, 5.41) is -0.880. The van der Waals surface area contributed by atoms with E-state index in [-0.39, 0.29) is 23.7 Å².